The lowest BCUT2D eigenvalue weighted by atomic mass is 10.1. The second-order valence-electron chi connectivity index (χ2n) is 8.74. The van der Waals surface area contributed by atoms with Gasteiger partial charge in [-0.3, -0.25) is 9.69 Å². The fraction of sp³-hybridized carbons (Fsp3) is 0.458. The third kappa shape index (κ3) is 6.16. The molecular weight excluding hydrogens is 476 g/mol. The standard InChI is InChI=1S/C24H31ClN4O4S/c1-27-8-10-29(11-9-27)34(31,32)23-16-21(6-7-22(23)25)24(30)26-17-19-2-4-20(5-3-19)18-28-12-14-33-15-13-28/h2-7,16H,8-15,17-18H2,1H3,(H,26,30). The van der Waals surface area contributed by atoms with E-state index in [1.807, 2.05) is 19.2 Å². The number of benzene rings is 2. The summed E-state index contributed by atoms with van der Waals surface area (Å²) in [6.07, 6.45) is 0. The maximum atomic E-state index is 13.1. The highest BCUT2D eigenvalue weighted by atomic mass is 35.5. The second kappa shape index (κ2) is 11.2. The van der Waals surface area contributed by atoms with Crippen LogP contribution < -0.4 is 5.32 Å². The molecule has 0 atom stereocenters. The molecular formula is C24H31ClN4O4S. The summed E-state index contributed by atoms with van der Waals surface area (Å²) >= 11 is 6.23. The lowest BCUT2D eigenvalue weighted by Crippen LogP contribution is -2.47. The predicted octanol–water partition coefficient (Wildman–Crippen LogP) is 2.04. The summed E-state index contributed by atoms with van der Waals surface area (Å²) in [4.78, 5) is 17.2. The Morgan fingerprint density at radius 2 is 1.62 bits per heavy atom. The molecule has 0 radical (unpaired) electrons. The summed E-state index contributed by atoms with van der Waals surface area (Å²) < 4.78 is 33.1. The molecule has 10 heteroatoms. The average Bonchev–Trinajstić information content (AvgIpc) is 2.84. The number of morpholine rings is 1. The van der Waals surface area contributed by atoms with Crippen LogP contribution in [0.25, 0.3) is 0 Å². The summed E-state index contributed by atoms with van der Waals surface area (Å²) in [6, 6.07) is 12.5. The number of halogens is 1. The van der Waals surface area contributed by atoms with Gasteiger partial charge in [-0.25, -0.2) is 8.42 Å². The molecule has 0 aromatic heterocycles. The first-order valence-electron chi connectivity index (χ1n) is 11.5. The summed E-state index contributed by atoms with van der Waals surface area (Å²) in [5.74, 6) is -0.344. The fourth-order valence-electron chi connectivity index (χ4n) is 4.07. The third-order valence-corrected chi connectivity index (χ3v) is 8.64. The molecule has 2 aromatic carbocycles. The molecule has 0 aliphatic carbocycles. The van der Waals surface area contributed by atoms with Gasteiger partial charge >= 0.3 is 0 Å². The Labute approximate surface area is 206 Å². The molecule has 8 nitrogen and oxygen atoms in total. The van der Waals surface area contributed by atoms with Crippen molar-refractivity contribution >= 4 is 27.5 Å². The van der Waals surface area contributed by atoms with Gasteiger partial charge in [0.2, 0.25) is 10.0 Å². The van der Waals surface area contributed by atoms with E-state index in [9.17, 15) is 13.2 Å². The van der Waals surface area contributed by atoms with Crippen LogP contribution in [-0.2, 0) is 27.8 Å². The SMILES string of the molecule is CN1CCN(S(=O)(=O)c2cc(C(=O)NCc3ccc(CN4CCOCC4)cc3)ccc2Cl)CC1. The number of likely N-dealkylation sites (N-methyl/N-ethyl adjacent to an activating group) is 1. The van der Waals surface area contributed by atoms with Crippen molar-refractivity contribution in [3.05, 3.63) is 64.2 Å². The van der Waals surface area contributed by atoms with Gasteiger partial charge in [-0.2, -0.15) is 4.31 Å². The van der Waals surface area contributed by atoms with E-state index in [-0.39, 0.29) is 21.4 Å². The van der Waals surface area contributed by atoms with E-state index in [1.165, 1.54) is 22.0 Å². The number of carbonyl (C=O) groups is 1. The highest BCUT2D eigenvalue weighted by Gasteiger charge is 2.30. The van der Waals surface area contributed by atoms with Crippen molar-refractivity contribution in [2.45, 2.75) is 18.0 Å². The number of nitrogens with zero attached hydrogens (tertiary/aromatic N) is 3. The first-order valence-corrected chi connectivity index (χ1v) is 13.3. The molecule has 2 fully saturated rings. The van der Waals surface area contributed by atoms with Crippen molar-refractivity contribution in [3.8, 4) is 0 Å². The largest absolute Gasteiger partial charge is 0.379 e. The van der Waals surface area contributed by atoms with Crippen LogP contribution in [0.5, 0.6) is 0 Å². The van der Waals surface area contributed by atoms with E-state index in [2.05, 4.69) is 27.2 Å². The van der Waals surface area contributed by atoms with Gasteiger partial charge in [0.25, 0.3) is 5.91 Å². The summed E-state index contributed by atoms with van der Waals surface area (Å²) in [5, 5.41) is 2.99. The Bertz CT molecular complexity index is 1100. The lowest BCUT2D eigenvalue weighted by Gasteiger charge is -2.31. The molecule has 2 aliphatic rings. The number of nitrogens with one attached hydrogen (secondary N) is 1. The normalized spacial score (nSPS) is 18.6. The van der Waals surface area contributed by atoms with Crippen LogP contribution in [0, 0.1) is 0 Å². The Hall–Kier alpha value is -2.01. The van der Waals surface area contributed by atoms with Crippen LogP contribution in [-0.4, -0.2) is 88.0 Å². The molecule has 0 bridgehead atoms. The molecule has 184 valence electrons. The molecule has 34 heavy (non-hydrogen) atoms. The fourth-order valence-corrected chi connectivity index (χ4v) is 6.00. The Morgan fingerprint density at radius 1 is 0.971 bits per heavy atom. The zero-order valence-corrected chi connectivity index (χ0v) is 20.9. The number of sulfonamides is 1. The minimum absolute atomic E-state index is 0.0289. The molecule has 1 N–H and O–H groups in total. The van der Waals surface area contributed by atoms with E-state index in [0.29, 0.717) is 32.7 Å². The Balaban J connectivity index is 1.37. The number of hydrogen-bond acceptors (Lipinski definition) is 6. The third-order valence-electron chi connectivity index (χ3n) is 6.26. The molecule has 2 aromatic rings. The smallest absolute Gasteiger partial charge is 0.251 e. The van der Waals surface area contributed by atoms with E-state index in [0.717, 1.165) is 38.4 Å². The van der Waals surface area contributed by atoms with Gasteiger partial charge in [-0.15, -0.1) is 0 Å². The average molecular weight is 507 g/mol. The predicted molar refractivity (Wildman–Crippen MR) is 131 cm³/mol. The molecule has 2 heterocycles. The van der Waals surface area contributed by atoms with Crippen LogP contribution in [0.15, 0.2) is 47.4 Å². The first-order chi connectivity index (χ1) is 16.3. The minimum Gasteiger partial charge on any atom is -0.379 e. The maximum Gasteiger partial charge on any atom is 0.251 e. The summed E-state index contributed by atoms with van der Waals surface area (Å²) in [5.41, 5.74) is 2.45. The number of amides is 1. The van der Waals surface area contributed by atoms with Crippen LogP contribution >= 0.6 is 11.6 Å². The number of carbonyl (C=O) groups excluding carboxylic acids is 1. The van der Waals surface area contributed by atoms with Gasteiger partial charge in [0.15, 0.2) is 0 Å². The molecule has 0 saturated carbocycles. The quantitative estimate of drug-likeness (QED) is 0.619. The van der Waals surface area contributed by atoms with Crippen LogP contribution in [0.1, 0.15) is 21.5 Å². The zero-order valence-electron chi connectivity index (χ0n) is 19.4. The minimum atomic E-state index is -3.77. The molecule has 4 rings (SSSR count). The van der Waals surface area contributed by atoms with Gasteiger partial charge in [0.05, 0.1) is 18.2 Å². The number of piperazine rings is 1. The molecule has 0 unspecified atom stereocenters. The second-order valence-corrected chi connectivity index (χ2v) is 11.1. The van der Waals surface area contributed by atoms with Gasteiger partial charge in [0.1, 0.15) is 4.90 Å². The first kappa shape index (κ1) is 25.1. The molecule has 2 aliphatic heterocycles. The van der Waals surface area contributed by atoms with Crippen LogP contribution in [0.2, 0.25) is 5.02 Å². The van der Waals surface area contributed by atoms with Crippen molar-refractivity contribution < 1.29 is 17.9 Å². The molecule has 1 amide bonds. The van der Waals surface area contributed by atoms with Gasteiger partial charge < -0.3 is 15.0 Å². The van der Waals surface area contributed by atoms with Crippen molar-refractivity contribution in [1.82, 2.24) is 19.4 Å². The molecule has 2 saturated heterocycles. The highest BCUT2D eigenvalue weighted by Crippen LogP contribution is 2.26. The van der Waals surface area contributed by atoms with E-state index in [4.69, 9.17) is 16.3 Å². The maximum absolute atomic E-state index is 13.1. The molecule has 0 spiro atoms. The van der Waals surface area contributed by atoms with Gasteiger partial charge in [-0.05, 0) is 36.4 Å². The van der Waals surface area contributed by atoms with Gasteiger partial charge in [-0.1, -0.05) is 35.9 Å². The van der Waals surface area contributed by atoms with Crippen LogP contribution in [0.3, 0.4) is 0 Å². The zero-order chi connectivity index (χ0) is 24.1. The summed E-state index contributed by atoms with van der Waals surface area (Å²) in [6.45, 7) is 6.74. The van der Waals surface area contributed by atoms with Crippen molar-refractivity contribution in [3.63, 3.8) is 0 Å². The van der Waals surface area contributed by atoms with Gasteiger partial charge in [0, 0.05) is 57.9 Å². The van der Waals surface area contributed by atoms with E-state index < -0.39 is 10.0 Å². The number of rotatable bonds is 7. The topological polar surface area (TPSA) is 82.2 Å². The van der Waals surface area contributed by atoms with E-state index >= 15 is 0 Å². The Kier molecular flexibility index (Phi) is 8.23. The van der Waals surface area contributed by atoms with Crippen molar-refractivity contribution in [1.29, 1.82) is 0 Å². The van der Waals surface area contributed by atoms with Crippen LogP contribution in [0.4, 0.5) is 0 Å². The number of hydrogen-bond donors (Lipinski definition) is 1. The number of ether oxygens (including phenoxy) is 1. The van der Waals surface area contributed by atoms with Crippen molar-refractivity contribution in [2.75, 3.05) is 59.5 Å². The Morgan fingerprint density at radius 3 is 2.29 bits per heavy atom. The summed E-state index contributed by atoms with van der Waals surface area (Å²) in [7, 11) is -1.82. The van der Waals surface area contributed by atoms with E-state index in [1.54, 1.807) is 6.07 Å². The lowest BCUT2D eigenvalue weighted by molar-refractivity contribution is 0.0342. The monoisotopic (exact) mass is 506 g/mol. The highest BCUT2D eigenvalue weighted by molar-refractivity contribution is 7.89. The van der Waals surface area contributed by atoms with Crippen molar-refractivity contribution in [2.24, 2.45) is 0 Å².